The van der Waals surface area contributed by atoms with Crippen molar-refractivity contribution in [3.05, 3.63) is 12.2 Å². The van der Waals surface area contributed by atoms with Crippen LogP contribution in [0.4, 0.5) is 0 Å². The topological polar surface area (TPSA) is 55.4 Å². The number of methoxy groups -OCH3 is 1. The summed E-state index contributed by atoms with van der Waals surface area (Å²) in [5, 5.41) is 2.61. The van der Waals surface area contributed by atoms with Crippen LogP contribution in [0.3, 0.4) is 0 Å². The zero-order valence-electron chi connectivity index (χ0n) is 9.16. The molecule has 0 aliphatic heterocycles. The molecule has 0 aromatic heterocycles. The maximum atomic E-state index is 11.5. The summed E-state index contributed by atoms with van der Waals surface area (Å²) in [6.45, 7) is 1.62. The summed E-state index contributed by atoms with van der Waals surface area (Å²) in [5.41, 5.74) is 0. The minimum atomic E-state index is -0.562. The number of esters is 1. The molecule has 0 bridgehead atoms. The number of amides is 1. The van der Waals surface area contributed by atoms with E-state index in [-0.39, 0.29) is 5.91 Å². The van der Waals surface area contributed by atoms with Crippen LogP contribution in [-0.2, 0) is 14.3 Å². The van der Waals surface area contributed by atoms with Gasteiger partial charge >= 0.3 is 5.97 Å². The normalized spacial score (nSPS) is 21.1. The Balaban J connectivity index is 2.28. The van der Waals surface area contributed by atoms with Crippen LogP contribution < -0.4 is 5.32 Å². The standard InChI is InChI=1S/C11H17NO3/c1-8(11(14)15-2)12-10(13)7-9-5-3-4-6-9/h3,5,8-9H,4,6-7H2,1-2H3,(H,12,13). The molecule has 1 aliphatic carbocycles. The van der Waals surface area contributed by atoms with Crippen LogP contribution in [0, 0.1) is 5.92 Å². The van der Waals surface area contributed by atoms with Gasteiger partial charge in [-0.05, 0) is 25.7 Å². The molecular formula is C11H17NO3. The number of carbonyl (C=O) groups is 2. The summed E-state index contributed by atoms with van der Waals surface area (Å²) >= 11 is 0. The molecule has 1 aliphatic rings. The van der Waals surface area contributed by atoms with Crippen molar-refractivity contribution >= 4 is 11.9 Å². The SMILES string of the molecule is COC(=O)C(C)NC(=O)CC1C=CCC1. The number of hydrogen-bond donors (Lipinski definition) is 1. The smallest absolute Gasteiger partial charge is 0.328 e. The monoisotopic (exact) mass is 211 g/mol. The molecule has 2 atom stereocenters. The molecule has 1 rings (SSSR count). The van der Waals surface area contributed by atoms with Crippen LogP contribution in [0.25, 0.3) is 0 Å². The van der Waals surface area contributed by atoms with Crippen molar-refractivity contribution in [2.75, 3.05) is 7.11 Å². The van der Waals surface area contributed by atoms with Crippen molar-refractivity contribution in [2.24, 2.45) is 5.92 Å². The molecule has 0 spiro atoms. The lowest BCUT2D eigenvalue weighted by molar-refractivity contribution is -0.144. The Morgan fingerprint density at radius 3 is 2.87 bits per heavy atom. The molecule has 4 nitrogen and oxygen atoms in total. The quantitative estimate of drug-likeness (QED) is 0.558. The van der Waals surface area contributed by atoms with Gasteiger partial charge in [0.2, 0.25) is 5.91 Å². The van der Waals surface area contributed by atoms with Crippen LogP contribution in [0.15, 0.2) is 12.2 Å². The summed E-state index contributed by atoms with van der Waals surface area (Å²) < 4.78 is 4.52. The first-order valence-electron chi connectivity index (χ1n) is 5.17. The van der Waals surface area contributed by atoms with Crippen molar-refractivity contribution in [1.29, 1.82) is 0 Å². The molecule has 15 heavy (non-hydrogen) atoms. The summed E-state index contributed by atoms with van der Waals surface area (Å²) in [6.07, 6.45) is 6.67. The predicted molar refractivity (Wildman–Crippen MR) is 56.1 cm³/mol. The van der Waals surface area contributed by atoms with Gasteiger partial charge in [0.1, 0.15) is 6.04 Å². The van der Waals surface area contributed by atoms with E-state index in [1.54, 1.807) is 6.92 Å². The summed E-state index contributed by atoms with van der Waals surface area (Å²) in [5.74, 6) is -0.176. The molecular weight excluding hydrogens is 194 g/mol. The molecule has 0 fully saturated rings. The molecule has 0 radical (unpaired) electrons. The van der Waals surface area contributed by atoms with E-state index in [2.05, 4.69) is 22.2 Å². The van der Waals surface area contributed by atoms with Crippen LogP contribution >= 0.6 is 0 Å². The Hall–Kier alpha value is -1.32. The highest BCUT2D eigenvalue weighted by Gasteiger charge is 2.18. The molecule has 1 amide bonds. The Morgan fingerprint density at radius 1 is 1.60 bits per heavy atom. The highest BCUT2D eigenvalue weighted by atomic mass is 16.5. The fourth-order valence-electron chi connectivity index (χ4n) is 1.64. The summed E-state index contributed by atoms with van der Waals surface area (Å²) in [4.78, 5) is 22.5. The first-order chi connectivity index (χ1) is 7.13. The van der Waals surface area contributed by atoms with Gasteiger partial charge in [0.15, 0.2) is 0 Å². The first kappa shape index (κ1) is 11.8. The molecule has 0 saturated heterocycles. The Labute approximate surface area is 89.7 Å². The van der Waals surface area contributed by atoms with E-state index in [1.165, 1.54) is 7.11 Å². The van der Waals surface area contributed by atoms with E-state index in [0.29, 0.717) is 12.3 Å². The molecule has 0 aromatic carbocycles. The zero-order chi connectivity index (χ0) is 11.3. The van der Waals surface area contributed by atoms with Crippen LogP contribution in [-0.4, -0.2) is 25.0 Å². The number of ether oxygens (including phenoxy) is 1. The second-order valence-corrected chi connectivity index (χ2v) is 3.78. The summed E-state index contributed by atoms with van der Waals surface area (Å²) in [7, 11) is 1.31. The van der Waals surface area contributed by atoms with Gasteiger partial charge in [0.25, 0.3) is 0 Å². The lowest BCUT2D eigenvalue weighted by Gasteiger charge is -2.13. The number of allylic oxidation sites excluding steroid dienone is 2. The lowest BCUT2D eigenvalue weighted by atomic mass is 10.0. The van der Waals surface area contributed by atoms with E-state index in [9.17, 15) is 9.59 Å². The van der Waals surface area contributed by atoms with Gasteiger partial charge in [-0.2, -0.15) is 0 Å². The van der Waals surface area contributed by atoms with Gasteiger partial charge in [0, 0.05) is 6.42 Å². The third-order valence-corrected chi connectivity index (χ3v) is 2.49. The third-order valence-electron chi connectivity index (χ3n) is 2.49. The van der Waals surface area contributed by atoms with E-state index in [1.807, 2.05) is 0 Å². The molecule has 84 valence electrons. The Bertz CT molecular complexity index is 273. The van der Waals surface area contributed by atoms with E-state index >= 15 is 0 Å². The van der Waals surface area contributed by atoms with Gasteiger partial charge in [-0.3, -0.25) is 4.79 Å². The maximum absolute atomic E-state index is 11.5. The van der Waals surface area contributed by atoms with E-state index in [4.69, 9.17) is 0 Å². The third kappa shape index (κ3) is 3.73. The zero-order valence-corrected chi connectivity index (χ0v) is 9.16. The van der Waals surface area contributed by atoms with Crippen LogP contribution in [0.2, 0.25) is 0 Å². The van der Waals surface area contributed by atoms with E-state index < -0.39 is 12.0 Å². The Morgan fingerprint density at radius 2 is 2.33 bits per heavy atom. The van der Waals surface area contributed by atoms with Gasteiger partial charge in [-0.15, -0.1) is 0 Å². The molecule has 0 saturated carbocycles. The number of nitrogens with one attached hydrogen (secondary N) is 1. The fourth-order valence-corrected chi connectivity index (χ4v) is 1.64. The first-order valence-corrected chi connectivity index (χ1v) is 5.17. The summed E-state index contributed by atoms with van der Waals surface area (Å²) in [6, 6.07) is -0.562. The Kier molecular flexibility index (Phi) is 4.34. The predicted octanol–water partition coefficient (Wildman–Crippen LogP) is 1.02. The number of carbonyl (C=O) groups excluding carboxylic acids is 2. The molecule has 0 aromatic rings. The van der Waals surface area contributed by atoms with Gasteiger partial charge < -0.3 is 10.1 Å². The highest BCUT2D eigenvalue weighted by Crippen LogP contribution is 2.19. The van der Waals surface area contributed by atoms with Gasteiger partial charge in [0.05, 0.1) is 7.11 Å². The maximum Gasteiger partial charge on any atom is 0.328 e. The minimum absolute atomic E-state index is 0.0931. The van der Waals surface area contributed by atoms with Gasteiger partial charge in [-0.25, -0.2) is 4.79 Å². The minimum Gasteiger partial charge on any atom is -0.467 e. The average molecular weight is 211 g/mol. The van der Waals surface area contributed by atoms with Crippen LogP contribution in [0.5, 0.6) is 0 Å². The van der Waals surface area contributed by atoms with Crippen molar-refractivity contribution in [3.8, 4) is 0 Å². The fraction of sp³-hybridized carbons (Fsp3) is 0.636. The van der Waals surface area contributed by atoms with Crippen LogP contribution in [0.1, 0.15) is 26.2 Å². The second-order valence-electron chi connectivity index (χ2n) is 3.78. The molecule has 4 heteroatoms. The average Bonchev–Trinajstić information content (AvgIpc) is 2.68. The van der Waals surface area contributed by atoms with E-state index in [0.717, 1.165) is 12.8 Å². The number of hydrogen-bond acceptors (Lipinski definition) is 3. The van der Waals surface area contributed by atoms with Crippen molar-refractivity contribution in [1.82, 2.24) is 5.32 Å². The van der Waals surface area contributed by atoms with Crippen molar-refractivity contribution in [3.63, 3.8) is 0 Å². The van der Waals surface area contributed by atoms with Gasteiger partial charge in [-0.1, -0.05) is 12.2 Å². The largest absolute Gasteiger partial charge is 0.467 e. The molecule has 2 unspecified atom stereocenters. The number of rotatable bonds is 4. The highest BCUT2D eigenvalue weighted by molar-refractivity contribution is 5.84. The molecule has 1 N–H and O–H groups in total. The van der Waals surface area contributed by atoms with Crippen molar-refractivity contribution in [2.45, 2.75) is 32.2 Å². The van der Waals surface area contributed by atoms with Crippen molar-refractivity contribution < 1.29 is 14.3 Å². The second kappa shape index (κ2) is 5.53. The lowest BCUT2D eigenvalue weighted by Crippen LogP contribution is -2.39. The molecule has 0 heterocycles.